The van der Waals surface area contributed by atoms with E-state index in [1.54, 1.807) is 0 Å². The van der Waals surface area contributed by atoms with Crippen molar-refractivity contribution in [3.8, 4) is 0 Å². The van der Waals surface area contributed by atoms with E-state index in [-0.39, 0.29) is 24.4 Å². The molecule has 0 bridgehead atoms. The predicted octanol–water partition coefficient (Wildman–Crippen LogP) is 2.88. The summed E-state index contributed by atoms with van der Waals surface area (Å²) in [6, 6.07) is 13.3. The highest BCUT2D eigenvalue weighted by molar-refractivity contribution is 6.22. The first-order chi connectivity index (χ1) is 13.2. The molecule has 0 radical (unpaired) electrons. The maximum absolute atomic E-state index is 12.1. The lowest BCUT2D eigenvalue weighted by Gasteiger charge is -2.16. The third-order valence-corrected chi connectivity index (χ3v) is 4.76. The van der Waals surface area contributed by atoms with Crippen molar-refractivity contribution in [2.24, 2.45) is 4.99 Å². The number of urea groups is 1. The molecule has 0 unspecified atom stereocenters. The summed E-state index contributed by atoms with van der Waals surface area (Å²) >= 11 is 0. The first-order valence-electron chi connectivity index (χ1n) is 8.92. The van der Waals surface area contributed by atoms with Gasteiger partial charge in [-0.2, -0.15) is 0 Å². The zero-order chi connectivity index (χ0) is 18.4. The topological polar surface area (TPSA) is 99.2 Å². The van der Waals surface area contributed by atoms with Crippen molar-refractivity contribution < 1.29 is 9.59 Å². The number of H-pyrrole nitrogens is 1. The quantitative estimate of drug-likeness (QED) is 0.670. The molecule has 7 nitrogen and oxygen atoms in total. The van der Waals surface area contributed by atoms with Crippen LogP contribution in [0, 0.1) is 0 Å². The molecule has 2 aromatic carbocycles. The van der Waals surface area contributed by atoms with E-state index in [2.05, 4.69) is 25.6 Å². The van der Waals surface area contributed by atoms with E-state index in [0.717, 1.165) is 40.7 Å². The molecular weight excluding hydrogens is 342 g/mol. The molecule has 5 rings (SSSR count). The Morgan fingerprint density at radius 2 is 1.93 bits per heavy atom. The van der Waals surface area contributed by atoms with Gasteiger partial charge in [-0.15, -0.1) is 0 Å². The number of Topliss-reactive ketones (excluding diaryl/α,β-unsaturated/α-hetero) is 1. The number of anilines is 1. The van der Waals surface area contributed by atoms with Gasteiger partial charge in [-0.05, 0) is 25.0 Å². The summed E-state index contributed by atoms with van der Waals surface area (Å²) in [5.41, 5.74) is 4.79. The third-order valence-electron chi connectivity index (χ3n) is 4.76. The van der Waals surface area contributed by atoms with Gasteiger partial charge >= 0.3 is 6.03 Å². The Bertz CT molecular complexity index is 1110. The monoisotopic (exact) mass is 359 g/mol. The van der Waals surface area contributed by atoms with E-state index in [1.807, 2.05) is 42.5 Å². The molecule has 0 saturated heterocycles. The minimum atomic E-state index is -0.249. The Kier molecular flexibility index (Phi) is 3.53. The maximum atomic E-state index is 12.1. The number of carbonyl (C=O) groups is 2. The van der Waals surface area contributed by atoms with Crippen molar-refractivity contribution in [2.45, 2.75) is 18.9 Å². The van der Waals surface area contributed by atoms with Crippen LogP contribution in [0.3, 0.4) is 0 Å². The molecule has 1 aliphatic heterocycles. The second kappa shape index (κ2) is 6.05. The molecule has 2 heterocycles. The standard InChI is InChI=1S/C20H17N5O2/c26-17-10-21-18(14-4-2-1-3-13(14)17)11-5-8-15-16(9-11)24-19(23-15)25-20(27)22-12-6-7-12/h1-5,8-9,12H,6-7,10H2,(H3,22,23,24,25,27). The van der Waals surface area contributed by atoms with Crippen molar-refractivity contribution in [3.05, 3.63) is 59.2 Å². The summed E-state index contributed by atoms with van der Waals surface area (Å²) in [4.78, 5) is 36.0. The average molecular weight is 359 g/mol. The predicted molar refractivity (Wildman–Crippen MR) is 103 cm³/mol. The highest BCUT2D eigenvalue weighted by Crippen LogP contribution is 2.24. The van der Waals surface area contributed by atoms with Crippen LogP contribution < -0.4 is 10.6 Å². The van der Waals surface area contributed by atoms with E-state index < -0.39 is 0 Å². The number of hydrogen-bond acceptors (Lipinski definition) is 4. The fraction of sp³-hybridized carbons (Fsp3) is 0.200. The minimum absolute atomic E-state index is 0.0325. The number of benzene rings is 2. The summed E-state index contributed by atoms with van der Waals surface area (Å²) in [6.45, 7) is 0.154. The lowest BCUT2D eigenvalue weighted by Crippen LogP contribution is -2.30. The normalized spacial score (nSPS) is 16.0. The zero-order valence-corrected chi connectivity index (χ0v) is 14.5. The number of nitrogens with zero attached hydrogens (tertiary/aromatic N) is 2. The molecule has 1 saturated carbocycles. The van der Waals surface area contributed by atoms with Crippen LogP contribution in [-0.2, 0) is 0 Å². The number of aromatic amines is 1. The Hall–Kier alpha value is -3.48. The van der Waals surface area contributed by atoms with Gasteiger partial charge < -0.3 is 10.3 Å². The van der Waals surface area contributed by atoms with Gasteiger partial charge in [0, 0.05) is 22.7 Å². The first kappa shape index (κ1) is 15.7. The molecule has 1 aromatic heterocycles. The minimum Gasteiger partial charge on any atom is -0.335 e. The largest absolute Gasteiger partial charge is 0.335 e. The number of imidazole rings is 1. The molecule has 0 spiro atoms. The van der Waals surface area contributed by atoms with Gasteiger partial charge in [0.15, 0.2) is 5.78 Å². The summed E-state index contributed by atoms with van der Waals surface area (Å²) in [7, 11) is 0. The molecule has 2 aliphatic rings. The van der Waals surface area contributed by atoms with Gasteiger partial charge in [0.25, 0.3) is 0 Å². The molecule has 1 fully saturated rings. The van der Waals surface area contributed by atoms with Crippen LogP contribution in [0.25, 0.3) is 11.0 Å². The van der Waals surface area contributed by atoms with E-state index in [4.69, 9.17) is 0 Å². The molecule has 0 atom stereocenters. The smallest absolute Gasteiger partial charge is 0.321 e. The number of rotatable bonds is 3. The van der Waals surface area contributed by atoms with Gasteiger partial charge in [0.2, 0.25) is 5.95 Å². The molecule has 7 heteroatoms. The fourth-order valence-electron chi connectivity index (χ4n) is 3.27. The van der Waals surface area contributed by atoms with E-state index >= 15 is 0 Å². The summed E-state index contributed by atoms with van der Waals surface area (Å²) in [6.07, 6.45) is 2.06. The molecule has 3 aromatic rings. The molecule has 134 valence electrons. The lowest BCUT2D eigenvalue weighted by molar-refractivity contribution is 0.1000. The van der Waals surface area contributed by atoms with E-state index in [1.165, 1.54) is 0 Å². The van der Waals surface area contributed by atoms with Crippen LogP contribution in [0.5, 0.6) is 0 Å². The first-order valence-corrected chi connectivity index (χ1v) is 8.92. The van der Waals surface area contributed by atoms with Crippen LogP contribution >= 0.6 is 0 Å². The number of nitrogens with one attached hydrogen (secondary N) is 3. The van der Waals surface area contributed by atoms with Crippen molar-refractivity contribution in [1.29, 1.82) is 0 Å². The molecule has 2 amide bonds. The van der Waals surface area contributed by atoms with Gasteiger partial charge in [0.1, 0.15) is 6.54 Å². The Balaban J connectivity index is 1.46. The SMILES string of the molecule is O=C(Nc1nc2ccc(C3=NCC(=O)c4ccccc43)cc2[nH]1)NC1CC1. The van der Waals surface area contributed by atoms with Crippen LogP contribution in [0.4, 0.5) is 10.7 Å². The van der Waals surface area contributed by atoms with E-state index in [0.29, 0.717) is 11.5 Å². The molecule has 1 aliphatic carbocycles. The maximum Gasteiger partial charge on any atom is 0.321 e. The van der Waals surface area contributed by atoms with Crippen molar-refractivity contribution in [3.63, 3.8) is 0 Å². The highest BCUT2D eigenvalue weighted by atomic mass is 16.2. The van der Waals surface area contributed by atoms with Gasteiger partial charge in [0.05, 0.1) is 16.7 Å². The van der Waals surface area contributed by atoms with Crippen LogP contribution in [0.15, 0.2) is 47.5 Å². The van der Waals surface area contributed by atoms with Crippen LogP contribution in [0.2, 0.25) is 0 Å². The van der Waals surface area contributed by atoms with Crippen molar-refractivity contribution in [1.82, 2.24) is 15.3 Å². The third kappa shape index (κ3) is 2.97. The number of hydrogen-bond donors (Lipinski definition) is 3. The Labute approximate surface area is 154 Å². The highest BCUT2D eigenvalue weighted by Gasteiger charge is 2.24. The lowest BCUT2D eigenvalue weighted by atomic mass is 9.92. The number of fused-ring (bicyclic) bond motifs is 2. The molecular formula is C20H17N5O2. The number of aromatic nitrogens is 2. The second-order valence-corrected chi connectivity index (χ2v) is 6.82. The fourth-order valence-corrected chi connectivity index (χ4v) is 3.27. The summed E-state index contributed by atoms with van der Waals surface area (Å²) < 4.78 is 0. The van der Waals surface area contributed by atoms with Gasteiger partial charge in [-0.25, -0.2) is 9.78 Å². The number of aliphatic imine (C=N–C) groups is 1. The van der Waals surface area contributed by atoms with Crippen LogP contribution in [0.1, 0.15) is 34.3 Å². The number of amides is 2. The zero-order valence-electron chi connectivity index (χ0n) is 14.5. The van der Waals surface area contributed by atoms with Gasteiger partial charge in [-0.1, -0.05) is 30.3 Å². The van der Waals surface area contributed by atoms with Gasteiger partial charge in [-0.3, -0.25) is 15.1 Å². The van der Waals surface area contributed by atoms with Crippen molar-refractivity contribution >= 4 is 34.5 Å². The number of ketones is 1. The molecule has 3 N–H and O–H groups in total. The molecule has 27 heavy (non-hydrogen) atoms. The van der Waals surface area contributed by atoms with Crippen LogP contribution in [-0.4, -0.2) is 40.1 Å². The Morgan fingerprint density at radius 3 is 2.74 bits per heavy atom. The average Bonchev–Trinajstić information content (AvgIpc) is 3.38. The summed E-state index contributed by atoms with van der Waals surface area (Å²) in [5, 5.41) is 5.60. The van der Waals surface area contributed by atoms with Crippen molar-refractivity contribution in [2.75, 3.05) is 11.9 Å². The summed E-state index contributed by atoms with van der Waals surface area (Å²) in [5.74, 6) is 0.437. The Morgan fingerprint density at radius 1 is 1.11 bits per heavy atom. The second-order valence-electron chi connectivity index (χ2n) is 6.82. The number of carbonyl (C=O) groups excluding carboxylic acids is 2. The van der Waals surface area contributed by atoms with E-state index in [9.17, 15) is 9.59 Å².